The van der Waals surface area contributed by atoms with Gasteiger partial charge in [0.2, 0.25) is 0 Å². The molecule has 0 saturated heterocycles. The summed E-state index contributed by atoms with van der Waals surface area (Å²) in [6.45, 7) is 5.43. The van der Waals surface area contributed by atoms with Crippen molar-refractivity contribution in [1.29, 1.82) is 0 Å². The smallest absolute Gasteiger partial charge is 0.254 e. The van der Waals surface area contributed by atoms with Crippen LogP contribution in [0.15, 0.2) is 59.4 Å². The van der Waals surface area contributed by atoms with E-state index >= 15 is 0 Å². The largest absolute Gasteiger partial charge is 0.508 e. The monoisotopic (exact) mass is 295 g/mol. The fourth-order valence-corrected chi connectivity index (χ4v) is 3.02. The Balaban J connectivity index is 1.77. The van der Waals surface area contributed by atoms with E-state index in [0.29, 0.717) is 30.8 Å². The summed E-state index contributed by atoms with van der Waals surface area (Å²) >= 11 is 0. The van der Waals surface area contributed by atoms with Crippen LogP contribution in [0.2, 0.25) is 0 Å². The van der Waals surface area contributed by atoms with Crippen molar-refractivity contribution in [1.82, 2.24) is 4.90 Å². The van der Waals surface area contributed by atoms with E-state index in [-0.39, 0.29) is 11.8 Å². The molecule has 1 amide bonds. The van der Waals surface area contributed by atoms with Crippen molar-refractivity contribution in [2.75, 3.05) is 0 Å². The quantitative estimate of drug-likeness (QED) is 0.899. The van der Waals surface area contributed by atoms with Crippen molar-refractivity contribution in [3.8, 4) is 0 Å². The highest BCUT2D eigenvalue weighted by Gasteiger charge is 2.25. The molecule has 0 unspecified atom stereocenters. The van der Waals surface area contributed by atoms with Crippen LogP contribution in [0.5, 0.6) is 0 Å². The fraction of sp³-hybridized carbons (Fsp3) is 0.316. The molecule has 1 heterocycles. The summed E-state index contributed by atoms with van der Waals surface area (Å²) in [5, 5.41) is 10.1. The van der Waals surface area contributed by atoms with E-state index < -0.39 is 0 Å². The second-order valence-electron chi connectivity index (χ2n) is 6.19. The molecule has 0 atom stereocenters. The van der Waals surface area contributed by atoms with Crippen LogP contribution in [0, 0.1) is 5.92 Å². The number of nitrogens with zero attached hydrogens (tertiary/aromatic N) is 1. The van der Waals surface area contributed by atoms with Crippen molar-refractivity contribution in [3.05, 3.63) is 70.5 Å². The number of aliphatic hydroxyl groups is 1. The molecule has 0 fully saturated rings. The minimum Gasteiger partial charge on any atom is -0.508 e. The molecule has 3 heteroatoms. The third-order valence-electron chi connectivity index (χ3n) is 4.36. The fourth-order valence-electron chi connectivity index (χ4n) is 3.02. The summed E-state index contributed by atoms with van der Waals surface area (Å²) in [7, 11) is 0. The lowest BCUT2D eigenvalue weighted by Crippen LogP contribution is -2.26. The first-order valence-corrected chi connectivity index (χ1v) is 7.72. The predicted molar refractivity (Wildman–Crippen MR) is 87.0 cm³/mol. The topological polar surface area (TPSA) is 40.5 Å². The Bertz CT molecular complexity index is 670. The maximum Gasteiger partial charge on any atom is 0.254 e. The Hall–Kier alpha value is -2.29. The third-order valence-corrected chi connectivity index (χ3v) is 4.36. The Morgan fingerprint density at radius 3 is 2.36 bits per heavy atom. The average molecular weight is 295 g/mol. The van der Waals surface area contributed by atoms with E-state index in [1.807, 2.05) is 23.1 Å². The Kier molecular flexibility index (Phi) is 3.88. The summed E-state index contributed by atoms with van der Waals surface area (Å²) in [5.74, 6) is 0.593. The van der Waals surface area contributed by atoms with Gasteiger partial charge in [-0.15, -0.1) is 0 Å². The molecule has 1 N–H and O–H groups in total. The Labute approximate surface area is 131 Å². The number of allylic oxidation sites excluding steroid dienone is 3. The summed E-state index contributed by atoms with van der Waals surface area (Å²) in [4.78, 5) is 14.6. The molecule has 0 radical (unpaired) electrons. The molecule has 2 aliphatic rings. The van der Waals surface area contributed by atoms with Crippen LogP contribution < -0.4 is 0 Å². The van der Waals surface area contributed by atoms with Crippen molar-refractivity contribution >= 4 is 5.91 Å². The van der Waals surface area contributed by atoms with Crippen LogP contribution in [-0.4, -0.2) is 15.9 Å². The van der Waals surface area contributed by atoms with Gasteiger partial charge in [0.15, 0.2) is 0 Å². The van der Waals surface area contributed by atoms with Crippen LogP contribution >= 0.6 is 0 Å². The number of benzene rings is 1. The highest BCUT2D eigenvalue weighted by atomic mass is 16.3. The summed E-state index contributed by atoms with van der Waals surface area (Å²) < 4.78 is 0. The highest BCUT2D eigenvalue weighted by Crippen LogP contribution is 2.27. The molecule has 0 spiro atoms. The second-order valence-corrected chi connectivity index (χ2v) is 6.19. The molecule has 1 aromatic carbocycles. The first-order valence-electron chi connectivity index (χ1n) is 7.72. The van der Waals surface area contributed by atoms with Gasteiger partial charge in [0, 0.05) is 18.7 Å². The zero-order valence-corrected chi connectivity index (χ0v) is 13.0. The average Bonchev–Trinajstić information content (AvgIpc) is 2.83. The molecule has 3 rings (SSSR count). The van der Waals surface area contributed by atoms with Gasteiger partial charge in [0.05, 0.1) is 0 Å². The van der Waals surface area contributed by atoms with E-state index in [4.69, 9.17) is 0 Å². The van der Waals surface area contributed by atoms with E-state index in [2.05, 4.69) is 26.0 Å². The lowest BCUT2D eigenvalue weighted by molar-refractivity contribution is -0.127. The van der Waals surface area contributed by atoms with Gasteiger partial charge >= 0.3 is 0 Å². The Morgan fingerprint density at radius 2 is 1.77 bits per heavy atom. The van der Waals surface area contributed by atoms with Gasteiger partial charge in [-0.1, -0.05) is 44.2 Å². The first kappa shape index (κ1) is 14.6. The lowest BCUT2D eigenvalue weighted by atomic mass is 9.98. The summed E-state index contributed by atoms with van der Waals surface area (Å²) in [5.41, 5.74) is 4.08. The molecule has 3 nitrogen and oxygen atoms in total. The standard InChI is InChI=1S/C19H21NO2/c1-13(2)17-9-7-14(8-10-18(17)21)19(22)20-11-15-5-3-4-6-16(15)12-20/h3-8,10,13,21H,9,11-12H2,1-2H3. The number of hydrogen-bond acceptors (Lipinski definition) is 2. The van der Waals surface area contributed by atoms with Gasteiger partial charge < -0.3 is 10.0 Å². The van der Waals surface area contributed by atoms with Gasteiger partial charge in [0.25, 0.3) is 5.91 Å². The van der Waals surface area contributed by atoms with Crippen LogP contribution in [0.25, 0.3) is 0 Å². The predicted octanol–water partition coefficient (Wildman–Crippen LogP) is 3.88. The van der Waals surface area contributed by atoms with Gasteiger partial charge in [-0.2, -0.15) is 0 Å². The van der Waals surface area contributed by atoms with Crippen molar-refractivity contribution in [2.24, 2.45) is 5.92 Å². The number of carbonyl (C=O) groups is 1. The molecule has 22 heavy (non-hydrogen) atoms. The van der Waals surface area contributed by atoms with Crippen molar-refractivity contribution in [2.45, 2.75) is 33.4 Å². The number of fused-ring (bicyclic) bond motifs is 1. The van der Waals surface area contributed by atoms with Gasteiger partial charge in [-0.25, -0.2) is 0 Å². The molecular weight excluding hydrogens is 274 g/mol. The molecule has 114 valence electrons. The Morgan fingerprint density at radius 1 is 1.14 bits per heavy atom. The highest BCUT2D eigenvalue weighted by molar-refractivity contribution is 5.96. The first-order chi connectivity index (χ1) is 10.6. The maximum atomic E-state index is 12.7. The summed E-state index contributed by atoms with van der Waals surface area (Å²) in [6.07, 6.45) is 5.93. The normalized spacial score (nSPS) is 17.6. The molecule has 1 aliphatic carbocycles. The SMILES string of the molecule is CC(C)C1=C(O)C=CC(C(=O)N2Cc3ccccc3C2)=CC1. The van der Waals surface area contributed by atoms with Gasteiger partial charge in [-0.3, -0.25) is 4.79 Å². The van der Waals surface area contributed by atoms with E-state index in [9.17, 15) is 9.90 Å². The number of carbonyl (C=O) groups excluding carboxylic acids is 1. The molecule has 0 bridgehead atoms. The third kappa shape index (κ3) is 2.71. The van der Waals surface area contributed by atoms with E-state index in [1.54, 1.807) is 12.2 Å². The minimum absolute atomic E-state index is 0.0326. The van der Waals surface area contributed by atoms with Crippen LogP contribution in [0.1, 0.15) is 31.4 Å². The van der Waals surface area contributed by atoms with Crippen LogP contribution in [-0.2, 0) is 17.9 Å². The van der Waals surface area contributed by atoms with Crippen LogP contribution in [0.4, 0.5) is 0 Å². The molecule has 0 saturated carbocycles. The van der Waals surface area contributed by atoms with Crippen LogP contribution in [0.3, 0.4) is 0 Å². The minimum atomic E-state index is 0.0326. The molecule has 0 aromatic heterocycles. The maximum absolute atomic E-state index is 12.7. The zero-order valence-electron chi connectivity index (χ0n) is 13.0. The zero-order chi connectivity index (χ0) is 15.7. The molecule has 1 aliphatic heterocycles. The molecular formula is C19H21NO2. The van der Waals surface area contributed by atoms with E-state index in [0.717, 1.165) is 5.57 Å². The molecule has 1 aromatic rings. The van der Waals surface area contributed by atoms with Crippen molar-refractivity contribution < 1.29 is 9.90 Å². The lowest BCUT2D eigenvalue weighted by Gasteiger charge is -2.16. The number of amides is 1. The van der Waals surface area contributed by atoms with Gasteiger partial charge in [-0.05, 0) is 41.2 Å². The number of hydrogen-bond donors (Lipinski definition) is 1. The van der Waals surface area contributed by atoms with Gasteiger partial charge in [0.1, 0.15) is 5.76 Å². The van der Waals surface area contributed by atoms with Crippen molar-refractivity contribution in [3.63, 3.8) is 0 Å². The van der Waals surface area contributed by atoms with E-state index in [1.165, 1.54) is 11.1 Å². The second kappa shape index (κ2) is 5.84. The summed E-state index contributed by atoms with van der Waals surface area (Å²) in [6, 6.07) is 8.16. The number of aliphatic hydroxyl groups excluding tert-OH is 1. The number of rotatable bonds is 2.